The molecule has 0 aliphatic heterocycles. The molecule has 0 aromatic heterocycles. The van der Waals surface area contributed by atoms with Crippen LogP contribution in [0.2, 0.25) is 0 Å². The molecule has 0 aromatic rings. The minimum Gasteiger partial charge on any atom is -0.299 e. The number of rotatable bonds is 5. The van der Waals surface area contributed by atoms with Crippen LogP contribution in [-0.4, -0.2) is 6.29 Å². The first-order valence-corrected chi connectivity index (χ1v) is 8.55. The maximum atomic E-state index is 10.4. The Kier molecular flexibility index (Phi) is 6.06. The largest absolute Gasteiger partial charge is 0.299 e. The van der Waals surface area contributed by atoms with Gasteiger partial charge >= 0.3 is 0 Å². The van der Waals surface area contributed by atoms with Gasteiger partial charge in [-0.2, -0.15) is 0 Å². The quantitative estimate of drug-likeness (QED) is 0.377. The van der Waals surface area contributed by atoms with Crippen LogP contribution in [0, 0.1) is 23.7 Å². The molecule has 20 heavy (non-hydrogen) atoms. The zero-order valence-corrected chi connectivity index (χ0v) is 13.0. The molecule has 0 unspecified atom stereocenters. The van der Waals surface area contributed by atoms with Crippen LogP contribution in [0.15, 0.2) is 24.3 Å². The van der Waals surface area contributed by atoms with Gasteiger partial charge in [0.25, 0.3) is 0 Å². The second kappa shape index (κ2) is 7.81. The topological polar surface area (TPSA) is 17.1 Å². The summed E-state index contributed by atoms with van der Waals surface area (Å²) in [6.07, 6.45) is 16.6. The van der Waals surface area contributed by atoms with Crippen LogP contribution in [-0.2, 0) is 4.79 Å². The van der Waals surface area contributed by atoms with Crippen molar-refractivity contribution in [2.75, 3.05) is 0 Å². The van der Waals surface area contributed by atoms with Crippen LogP contribution in [0.1, 0.15) is 64.7 Å². The van der Waals surface area contributed by atoms with E-state index in [0.29, 0.717) is 5.92 Å². The molecule has 0 heterocycles. The number of allylic oxidation sites excluding steroid dienone is 3. The molecule has 2 fully saturated rings. The van der Waals surface area contributed by atoms with Gasteiger partial charge in [0.05, 0.1) is 0 Å². The summed E-state index contributed by atoms with van der Waals surface area (Å²) in [6.45, 7) is 6.79. The van der Waals surface area contributed by atoms with Gasteiger partial charge in [-0.1, -0.05) is 31.6 Å². The summed E-state index contributed by atoms with van der Waals surface area (Å²) in [4.78, 5) is 10.4. The molecule has 0 atom stereocenters. The lowest BCUT2D eigenvalue weighted by Crippen LogP contribution is -2.22. The normalized spacial score (nSPS) is 35.0. The fraction of sp³-hybridized carbons (Fsp3) is 0.737. The summed E-state index contributed by atoms with van der Waals surface area (Å²) < 4.78 is 0. The summed E-state index contributed by atoms with van der Waals surface area (Å²) in [5, 5.41) is 0. The molecule has 2 aliphatic rings. The second-order valence-electron chi connectivity index (χ2n) is 6.83. The third kappa shape index (κ3) is 4.07. The van der Waals surface area contributed by atoms with Gasteiger partial charge in [-0.15, -0.1) is 0 Å². The molecular weight excluding hydrogens is 244 g/mol. The van der Waals surface area contributed by atoms with Gasteiger partial charge in [0.1, 0.15) is 6.29 Å². The standard InChI is InChI=1S/C19H30O/c1-3-16-6-10-18(11-7-16)15(2)19-12-8-17(9-13-19)5-4-14-20/h4-5,14,16-19H,2-3,6-13H2,1H3/b5-4+. The van der Waals surface area contributed by atoms with E-state index in [1.165, 1.54) is 57.8 Å². The minimum atomic E-state index is 0.625. The molecule has 0 amide bonds. The van der Waals surface area contributed by atoms with Gasteiger partial charge in [0.15, 0.2) is 0 Å². The molecule has 0 radical (unpaired) electrons. The van der Waals surface area contributed by atoms with Crippen molar-refractivity contribution < 1.29 is 4.79 Å². The van der Waals surface area contributed by atoms with Crippen molar-refractivity contribution in [2.45, 2.75) is 64.7 Å². The summed E-state index contributed by atoms with van der Waals surface area (Å²) >= 11 is 0. The third-order valence-corrected chi connectivity index (χ3v) is 5.71. The molecule has 0 N–H and O–H groups in total. The van der Waals surface area contributed by atoms with E-state index in [-0.39, 0.29) is 0 Å². The highest BCUT2D eigenvalue weighted by molar-refractivity contribution is 5.64. The average Bonchev–Trinajstić information content (AvgIpc) is 2.53. The highest BCUT2D eigenvalue weighted by Crippen LogP contribution is 2.41. The zero-order valence-electron chi connectivity index (χ0n) is 13.0. The highest BCUT2D eigenvalue weighted by atomic mass is 16.1. The third-order valence-electron chi connectivity index (χ3n) is 5.71. The van der Waals surface area contributed by atoms with Crippen molar-refractivity contribution in [2.24, 2.45) is 23.7 Å². The Hall–Kier alpha value is -0.850. The lowest BCUT2D eigenvalue weighted by molar-refractivity contribution is -0.104. The van der Waals surface area contributed by atoms with Gasteiger partial charge in [-0.25, -0.2) is 0 Å². The van der Waals surface area contributed by atoms with Gasteiger partial charge in [-0.05, 0) is 81.1 Å². The van der Waals surface area contributed by atoms with Gasteiger partial charge in [-0.3, -0.25) is 4.79 Å². The molecule has 2 saturated carbocycles. The van der Waals surface area contributed by atoms with Crippen LogP contribution in [0.5, 0.6) is 0 Å². The Bertz CT molecular complexity index is 339. The van der Waals surface area contributed by atoms with Crippen molar-refractivity contribution in [3.8, 4) is 0 Å². The number of carbonyl (C=O) groups is 1. The van der Waals surface area contributed by atoms with Gasteiger partial charge in [0, 0.05) is 0 Å². The molecule has 0 aromatic carbocycles. The molecule has 2 aliphatic carbocycles. The Morgan fingerprint density at radius 2 is 1.55 bits per heavy atom. The molecule has 2 rings (SSSR count). The van der Waals surface area contributed by atoms with Crippen LogP contribution >= 0.6 is 0 Å². The fourth-order valence-electron chi connectivity index (χ4n) is 4.16. The maximum absolute atomic E-state index is 10.4. The van der Waals surface area contributed by atoms with Crippen molar-refractivity contribution in [3.05, 3.63) is 24.3 Å². The average molecular weight is 274 g/mol. The molecule has 0 spiro atoms. The lowest BCUT2D eigenvalue weighted by atomic mass is 9.70. The summed E-state index contributed by atoms with van der Waals surface area (Å²) in [7, 11) is 0. The van der Waals surface area contributed by atoms with Crippen molar-refractivity contribution >= 4 is 6.29 Å². The molecular formula is C19H30O. The zero-order chi connectivity index (χ0) is 14.4. The second-order valence-corrected chi connectivity index (χ2v) is 6.83. The molecule has 1 nitrogen and oxygen atoms in total. The number of hydrogen-bond donors (Lipinski definition) is 0. The van der Waals surface area contributed by atoms with E-state index in [1.54, 1.807) is 11.6 Å². The van der Waals surface area contributed by atoms with E-state index in [1.807, 2.05) is 0 Å². The van der Waals surface area contributed by atoms with E-state index >= 15 is 0 Å². The predicted octanol–water partition coefficient (Wildman–Crippen LogP) is 5.32. The molecule has 112 valence electrons. The van der Waals surface area contributed by atoms with Crippen molar-refractivity contribution in [1.29, 1.82) is 0 Å². The maximum Gasteiger partial charge on any atom is 0.142 e. The van der Waals surface area contributed by atoms with E-state index in [4.69, 9.17) is 0 Å². The first-order valence-electron chi connectivity index (χ1n) is 8.55. The van der Waals surface area contributed by atoms with E-state index in [2.05, 4.69) is 19.6 Å². The first-order chi connectivity index (χ1) is 9.74. The first kappa shape index (κ1) is 15.5. The monoisotopic (exact) mass is 274 g/mol. The number of carbonyl (C=O) groups excluding carboxylic acids is 1. The Labute approximate surface area is 124 Å². The number of hydrogen-bond acceptors (Lipinski definition) is 1. The van der Waals surface area contributed by atoms with Crippen LogP contribution in [0.25, 0.3) is 0 Å². The predicted molar refractivity (Wildman–Crippen MR) is 85.5 cm³/mol. The molecule has 0 bridgehead atoms. The summed E-state index contributed by atoms with van der Waals surface area (Å²) in [6, 6.07) is 0. The Morgan fingerprint density at radius 1 is 1.00 bits per heavy atom. The van der Waals surface area contributed by atoms with E-state index in [0.717, 1.165) is 24.0 Å². The van der Waals surface area contributed by atoms with Crippen LogP contribution in [0.3, 0.4) is 0 Å². The Balaban J connectivity index is 1.77. The van der Waals surface area contributed by atoms with E-state index < -0.39 is 0 Å². The molecule has 0 saturated heterocycles. The lowest BCUT2D eigenvalue weighted by Gasteiger charge is -2.35. The van der Waals surface area contributed by atoms with E-state index in [9.17, 15) is 4.79 Å². The van der Waals surface area contributed by atoms with Gasteiger partial charge in [0.2, 0.25) is 0 Å². The number of aldehydes is 1. The Morgan fingerprint density at radius 3 is 2.05 bits per heavy atom. The highest BCUT2D eigenvalue weighted by Gasteiger charge is 2.28. The SMILES string of the molecule is C=C(C1CCC(/C=C/C=O)CC1)C1CCC(CC)CC1. The summed E-state index contributed by atoms with van der Waals surface area (Å²) in [5.41, 5.74) is 1.55. The van der Waals surface area contributed by atoms with Crippen LogP contribution in [0.4, 0.5) is 0 Å². The molecule has 1 heteroatoms. The van der Waals surface area contributed by atoms with Crippen molar-refractivity contribution in [1.82, 2.24) is 0 Å². The minimum absolute atomic E-state index is 0.625. The van der Waals surface area contributed by atoms with Crippen molar-refractivity contribution in [3.63, 3.8) is 0 Å². The van der Waals surface area contributed by atoms with Crippen LogP contribution < -0.4 is 0 Å². The van der Waals surface area contributed by atoms with Gasteiger partial charge < -0.3 is 0 Å². The smallest absolute Gasteiger partial charge is 0.142 e. The summed E-state index contributed by atoms with van der Waals surface area (Å²) in [5.74, 6) is 3.15. The fourth-order valence-corrected chi connectivity index (χ4v) is 4.16.